The fourth-order valence-electron chi connectivity index (χ4n) is 4.29. The largest absolute Gasteiger partial charge is 0.481 e. The molecule has 134 valence electrons. The van der Waals surface area contributed by atoms with Gasteiger partial charge in [0, 0.05) is 37.0 Å². The number of ether oxygens (including phenoxy) is 1. The highest BCUT2D eigenvalue weighted by molar-refractivity contribution is 5.67. The van der Waals surface area contributed by atoms with Crippen molar-refractivity contribution in [1.29, 1.82) is 0 Å². The molecule has 0 amide bonds. The van der Waals surface area contributed by atoms with Gasteiger partial charge in [-0.1, -0.05) is 0 Å². The molecule has 3 heterocycles. The second-order valence-corrected chi connectivity index (χ2v) is 6.96. The number of pyridine rings is 1. The van der Waals surface area contributed by atoms with E-state index < -0.39 is 5.92 Å². The second-order valence-electron chi connectivity index (χ2n) is 6.96. The zero-order valence-corrected chi connectivity index (χ0v) is 14.0. The van der Waals surface area contributed by atoms with E-state index >= 15 is 0 Å². The quantitative estimate of drug-likeness (QED) is 0.920. The summed E-state index contributed by atoms with van der Waals surface area (Å²) in [6, 6.07) is 3.54. The van der Waals surface area contributed by atoms with Crippen molar-refractivity contribution >= 4 is 0 Å². The number of halogens is 2. The monoisotopic (exact) mass is 349 g/mol. The van der Waals surface area contributed by atoms with Gasteiger partial charge in [0.2, 0.25) is 11.8 Å². The molecule has 2 atom stereocenters. The molecule has 7 heteroatoms. The maximum atomic E-state index is 13.5. The molecule has 0 aromatic carbocycles. The van der Waals surface area contributed by atoms with Crippen molar-refractivity contribution in [2.75, 3.05) is 13.7 Å². The standard InChI is InChI=1S/C18H21F2N3O2/c1-25-15-3-2-12-14-8-21-10-23(14)17(16(12)22-15)13(9-24)11-4-6-18(19,20)7-5-11/h2-3,8,10-11,13,17,24H,4-7,9H2,1H3. The molecule has 1 saturated carbocycles. The Morgan fingerprint density at radius 2 is 2.12 bits per heavy atom. The normalized spacial score (nSPS) is 23.1. The Kier molecular flexibility index (Phi) is 3.98. The van der Waals surface area contributed by atoms with Gasteiger partial charge in [-0.2, -0.15) is 0 Å². The number of imidazole rings is 1. The lowest BCUT2D eigenvalue weighted by Crippen LogP contribution is -2.34. The van der Waals surface area contributed by atoms with Crippen LogP contribution in [0.2, 0.25) is 0 Å². The van der Waals surface area contributed by atoms with E-state index in [9.17, 15) is 13.9 Å². The topological polar surface area (TPSA) is 60.2 Å². The summed E-state index contributed by atoms with van der Waals surface area (Å²) in [6.07, 6.45) is 4.10. The minimum Gasteiger partial charge on any atom is -0.481 e. The molecule has 2 unspecified atom stereocenters. The average molecular weight is 349 g/mol. The SMILES string of the molecule is COc1ccc2c(n1)C(C(CO)C1CCC(F)(F)CC1)n1cncc1-2. The summed E-state index contributed by atoms with van der Waals surface area (Å²) in [5.41, 5.74) is 2.73. The molecule has 4 rings (SSSR count). The lowest BCUT2D eigenvalue weighted by atomic mass is 9.75. The fourth-order valence-corrected chi connectivity index (χ4v) is 4.29. The van der Waals surface area contributed by atoms with Crippen LogP contribution in [-0.4, -0.2) is 39.3 Å². The lowest BCUT2D eigenvalue weighted by molar-refractivity contribution is -0.0580. The third-order valence-corrected chi connectivity index (χ3v) is 5.61. The number of fused-ring (bicyclic) bond motifs is 3. The molecule has 0 spiro atoms. The van der Waals surface area contributed by atoms with Gasteiger partial charge < -0.3 is 14.4 Å². The van der Waals surface area contributed by atoms with Crippen LogP contribution in [0.3, 0.4) is 0 Å². The molecular weight excluding hydrogens is 328 g/mol. The van der Waals surface area contributed by atoms with E-state index in [1.54, 1.807) is 25.7 Å². The molecule has 2 aromatic rings. The molecule has 2 aromatic heterocycles. The van der Waals surface area contributed by atoms with Crippen LogP contribution in [0, 0.1) is 11.8 Å². The first-order valence-electron chi connectivity index (χ1n) is 8.60. The molecular formula is C18H21F2N3O2. The summed E-state index contributed by atoms with van der Waals surface area (Å²) in [7, 11) is 1.56. The highest BCUT2D eigenvalue weighted by Gasteiger charge is 2.43. The molecule has 0 bridgehead atoms. The number of rotatable bonds is 4. The van der Waals surface area contributed by atoms with E-state index in [1.807, 2.05) is 10.6 Å². The first kappa shape index (κ1) is 16.4. The van der Waals surface area contributed by atoms with Gasteiger partial charge in [-0.25, -0.2) is 18.7 Å². The summed E-state index contributed by atoms with van der Waals surface area (Å²) < 4.78 is 34.3. The summed E-state index contributed by atoms with van der Waals surface area (Å²) in [5, 5.41) is 10.1. The number of methoxy groups -OCH3 is 1. The number of alkyl halides is 2. The first-order valence-corrected chi connectivity index (χ1v) is 8.60. The highest BCUT2D eigenvalue weighted by atomic mass is 19.3. The lowest BCUT2D eigenvalue weighted by Gasteiger charge is -2.36. The van der Waals surface area contributed by atoms with E-state index in [4.69, 9.17) is 4.74 Å². The van der Waals surface area contributed by atoms with E-state index in [2.05, 4.69) is 9.97 Å². The zero-order chi connectivity index (χ0) is 17.6. The molecule has 25 heavy (non-hydrogen) atoms. The van der Waals surface area contributed by atoms with E-state index in [1.165, 1.54) is 0 Å². The Balaban J connectivity index is 1.71. The van der Waals surface area contributed by atoms with Gasteiger partial charge in [0.15, 0.2) is 0 Å². The van der Waals surface area contributed by atoms with E-state index in [0.29, 0.717) is 18.7 Å². The highest BCUT2D eigenvalue weighted by Crippen LogP contribution is 2.48. The van der Waals surface area contributed by atoms with Crippen molar-refractivity contribution in [2.24, 2.45) is 11.8 Å². The predicted octanol–water partition coefficient (Wildman–Crippen LogP) is 3.29. The summed E-state index contributed by atoms with van der Waals surface area (Å²) in [5.74, 6) is -2.21. The number of hydrogen-bond acceptors (Lipinski definition) is 4. The minimum atomic E-state index is -2.58. The third-order valence-electron chi connectivity index (χ3n) is 5.61. The minimum absolute atomic E-state index is 0.0313. The van der Waals surface area contributed by atoms with Crippen LogP contribution in [0.15, 0.2) is 24.7 Å². The van der Waals surface area contributed by atoms with Crippen molar-refractivity contribution < 1.29 is 18.6 Å². The van der Waals surface area contributed by atoms with Gasteiger partial charge in [-0.3, -0.25) is 0 Å². The Labute approximate surface area is 144 Å². The maximum Gasteiger partial charge on any atom is 0.248 e. The van der Waals surface area contributed by atoms with Gasteiger partial charge in [0.25, 0.3) is 0 Å². The van der Waals surface area contributed by atoms with E-state index in [0.717, 1.165) is 17.0 Å². The van der Waals surface area contributed by atoms with Crippen molar-refractivity contribution in [3.63, 3.8) is 0 Å². The van der Waals surface area contributed by atoms with Gasteiger partial charge in [-0.05, 0) is 24.8 Å². The number of aliphatic hydroxyl groups is 1. The number of hydrogen-bond donors (Lipinski definition) is 1. The van der Waals surface area contributed by atoms with E-state index in [-0.39, 0.29) is 37.3 Å². The summed E-state index contributed by atoms with van der Waals surface area (Å²) in [4.78, 5) is 8.83. The van der Waals surface area contributed by atoms with Crippen molar-refractivity contribution in [1.82, 2.24) is 14.5 Å². The van der Waals surface area contributed by atoms with Crippen LogP contribution in [0.5, 0.6) is 5.88 Å². The molecule has 2 aliphatic rings. The van der Waals surface area contributed by atoms with Crippen molar-refractivity contribution in [3.05, 3.63) is 30.4 Å². The summed E-state index contributed by atoms with van der Waals surface area (Å²) in [6.45, 7) is -0.0726. The molecule has 0 radical (unpaired) electrons. The van der Waals surface area contributed by atoms with Crippen molar-refractivity contribution in [2.45, 2.75) is 37.6 Å². The smallest absolute Gasteiger partial charge is 0.248 e. The van der Waals surface area contributed by atoms with Gasteiger partial charge in [0.05, 0.1) is 37.1 Å². The zero-order valence-electron chi connectivity index (χ0n) is 14.0. The number of nitrogens with zero attached hydrogens (tertiary/aromatic N) is 3. The van der Waals surface area contributed by atoms with Gasteiger partial charge >= 0.3 is 0 Å². The molecule has 0 saturated heterocycles. The van der Waals surface area contributed by atoms with Gasteiger partial charge in [0.1, 0.15) is 0 Å². The van der Waals surface area contributed by atoms with Crippen molar-refractivity contribution in [3.8, 4) is 17.1 Å². The Morgan fingerprint density at radius 1 is 1.36 bits per heavy atom. The van der Waals surface area contributed by atoms with Crippen LogP contribution in [0.4, 0.5) is 8.78 Å². The summed E-state index contributed by atoms with van der Waals surface area (Å²) >= 11 is 0. The predicted molar refractivity (Wildman–Crippen MR) is 87.6 cm³/mol. The molecule has 1 aliphatic carbocycles. The van der Waals surface area contributed by atoms with Crippen LogP contribution in [-0.2, 0) is 0 Å². The first-order chi connectivity index (χ1) is 12.0. The van der Waals surface area contributed by atoms with Crippen LogP contribution in [0.1, 0.15) is 37.4 Å². The Hall–Kier alpha value is -2.02. The molecule has 1 N–H and O–H groups in total. The average Bonchev–Trinajstić information content (AvgIpc) is 3.18. The van der Waals surface area contributed by atoms with Crippen LogP contribution < -0.4 is 4.74 Å². The van der Waals surface area contributed by atoms with Crippen LogP contribution >= 0.6 is 0 Å². The molecule has 1 fully saturated rings. The second kappa shape index (κ2) is 6.05. The Bertz CT molecular complexity index is 767. The molecule has 1 aliphatic heterocycles. The van der Waals surface area contributed by atoms with Gasteiger partial charge in [-0.15, -0.1) is 0 Å². The Morgan fingerprint density at radius 3 is 2.80 bits per heavy atom. The number of aromatic nitrogens is 3. The third kappa shape index (κ3) is 2.70. The maximum absolute atomic E-state index is 13.5. The molecule has 5 nitrogen and oxygen atoms in total. The fraction of sp³-hybridized carbons (Fsp3) is 0.556. The van der Waals surface area contributed by atoms with Crippen LogP contribution in [0.25, 0.3) is 11.3 Å². The number of aliphatic hydroxyl groups excluding tert-OH is 1.